The van der Waals surface area contributed by atoms with Crippen LogP contribution in [0.5, 0.6) is 0 Å². The van der Waals surface area contributed by atoms with Crippen LogP contribution < -0.4 is 0 Å². The van der Waals surface area contributed by atoms with Crippen LogP contribution >= 0.6 is 0 Å². The molecule has 3 aromatic heterocycles. The Hall–Kier alpha value is -3.07. The maximum atomic E-state index is 12.7. The smallest absolute Gasteiger partial charge is 0.271 e. The lowest BCUT2D eigenvalue weighted by Crippen LogP contribution is -2.35. The van der Waals surface area contributed by atoms with Crippen molar-refractivity contribution in [1.82, 2.24) is 39.9 Å². The molecule has 2 N–H and O–H groups in total. The predicted molar refractivity (Wildman–Crippen MR) is 97.6 cm³/mol. The standard InChI is InChI=1S/C18H22N8O/c1-13-22-17(24-23-13)16-4-6-25(18(27)15-10-20-12-21-15)7-8-26(16)11-14-3-2-5-19-9-14/h2-3,5,9-10,12,16H,4,6-8,11H2,1H3,(H,20,21)(H,22,23,24). The van der Waals surface area contributed by atoms with Crippen molar-refractivity contribution in [3.63, 3.8) is 0 Å². The first-order valence-electron chi connectivity index (χ1n) is 9.00. The lowest BCUT2D eigenvalue weighted by molar-refractivity contribution is 0.0756. The minimum Gasteiger partial charge on any atom is -0.341 e. The van der Waals surface area contributed by atoms with Crippen molar-refractivity contribution in [3.8, 4) is 0 Å². The molecule has 0 bridgehead atoms. The zero-order valence-electron chi connectivity index (χ0n) is 15.2. The first kappa shape index (κ1) is 17.3. The second-order valence-corrected chi connectivity index (χ2v) is 6.67. The Morgan fingerprint density at radius 2 is 2.19 bits per heavy atom. The van der Waals surface area contributed by atoms with Crippen LogP contribution in [-0.2, 0) is 6.54 Å². The molecule has 1 saturated heterocycles. The molecule has 0 radical (unpaired) electrons. The fraction of sp³-hybridized carbons (Fsp3) is 0.389. The van der Waals surface area contributed by atoms with Gasteiger partial charge >= 0.3 is 0 Å². The maximum absolute atomic E-state index is 12.7. The molecule has 0 spiro atoms. The van der Waals surface area contributed by atoms with E-state index in [-0.39, 0.29) is 11.9 Å². The molecule has 3 aromatic rings. The van der Waals surface area contributed by atoms with Gasteiger partial charge in [-0.15, -0.1) is 0 Å². The van der Waals surface area contributed by atoms with Gasteiger partial charge in [-0.05, 0) is 25.0 Å². The SMILES string of the molecule is Cc1nc(C2CCN(C(=O)c3cnc[nH]3)CCN2Cc2cccnc2)n[nH]1. The molecule has 0 saturated carbocycles. The number of pyridine rings is 1. The second-order valence-electron chi connectivity index (χ2n) is 6.67. The fourth-order valence-corrected chi connectivity index (χ4v) is 3.44. The normalized spacial score (nSPS) is 18.4. The molecule has 1 atom stereocenters. The topological polar surface area (TPSA) is 107 Å². The summed E-state index contributed by atoms with van der Waals surface area (Å²) in [4.78, 5) is 32.5. The molecule has 1 unspecified atom stereocenters. The van der Waals surface area contributed by atoms with Gasteiger partial charge in [0, 0.05) is 38.6 Å². The number of hydrogen-bond donors (Lipinski definition) is 2. The zero-order chi connectivity index (χ0) is 18.6. The Balaban J connectivity index is 1.56. The molecular weight excluding hydrogens is 344 g/mol. The van der Waals surface area contributed by atoms with Crippen molar-refractivity contribution >= 4 is 5.91 Å². The molecule has 1 amide bonds. The second kappa shape index (κ2) is 7.67. The van der Waals surface area contributed by atoms with Crippen molar-refractivity contribution in [1.29, 1.82) is 0 Å². The zero-order valence-corrected chi connectivity index (χ0v) is 15.2. The van der Waals surface area contributed by atoms with E-state index < -0.39 is 0 Å². The number of aromatic amines is 2. The van der Waals surface area contributed by atoms with E-state index in [2.05, 4.69) is 41.1 Å². The van der Waals surface area contributed by atoms with Crippen LogP contribution in [0, 0.1) is 6.92 Å². The minimum absolute atomic E-state index is 0.0272. The summed E-state index contributed by atoms with van der Waals surface area (Å²) in [5.41, 5.74) is 1.64. The molecule has 4 heterocycles. The number of nitrogens with one attached hydrogen (secondary N) is 2. The van der Waals surface area contributed by atoms with Crippen LogP contribution in [0.15, 0.2) is 37.1 Å². The number of aromatic nitrogens is 6. The summed E-state index contributed by atoms with van der Waals surface area (Å²) in [6.45, 7) is 4.63. The highest BCUT2D eigenvalue weighted by Gasteiger charge is 2.30. The molecule has 27 heavy (non-hydrogen) atoms. The van der Waals surface area contributed by atoms with E-state index in [1.807, 2.05) is 24.1 Å². The van der Waals surface area contributed by atoms with E-state index in [9.17, 15) is 4.79 Å². The van der Waals surface area contributed by atoms with Crippen molar-refractivity contribution < 1.29 is 4.79 Å². The van der Waals surface area contributed by atoms with Crippen molar-refractivity contribution in [3.05, 3.63) is 60.0 Å². The van der Waals surface area contributed by atoms with Gasteiger partial charge in [0.1, 0.15) is 11.5 Å². The molecular formula is C18H22N8O. The lowest BCUT2D eigenvalue weighted by atomic mass is 10.1. The monoisotopic (exact) mass is 366 g/mol. The maximum Gasteiger partial charge on any atom is 0.271 e. The third-order valence-electron chi connectivity index (χ3n) is 4.81. The van der Waals surface area contributed by atoms with Gasteiger partial charge in [-0.1, -0.05) is 6.07 Å². The number of carbonyl (C=O) groups excluding carboxylic acids is 1. The van der Waals surface area contributed by atoms with Gasteiger partial charge < -0.3 is 9.88 Å². The van der Waals surface area contributed by atoms with Gasteiger partial charge in [-0.3, -0.25) is 19.8 Å². The number of hydrogen-bond acceptors (Lipinski definition) is 6. The summed E-state index contributed by atoms with van der Waals surface area (Å²) in [7, 11) is 0. The lowest BCUT2D eigenvalue weighted by Gasteiger charge is -2.27. The molecule has 1 fully saturated rings. The van der Waals surface area contributed by atoms with Gasteiger partial charge in [0.15, 0.2) is 5.82 Å². The number of H-pyrrole nitrogens is 2. The molecule has 0 aliphatic carbocycles. The van der Waals surface area contributed by atoms with Crippen LogP contribution in [0.1, 0.15) is 40.2 Å². The average molecular weight is 366 g/mol. The highest BCUT2D eigenvalue weighted by atomic mass is 16.2. The number of nitrogens with zero attached hydrogens (tertiary/aromatic N) is 6. The Bertz CT molecular complexity index is 876. The van der Waals surface area contributed by atoms with Gasteiger partial charge in [0.2, 0.25) is 0 Å². The van der Waals surface area contributed by atoms with E-state index >= 15 is 0 Å². The van der Waals surface area contributed by atoms with Gasteiger partial charge in [-0.25, -0.2) is 9.97 Å². The summed E-state index contributed by atoms with van der Waals surface area (Å²) < 4.78 is 0. The number of carbonyl (C=O) groups is 1. The van der Waals surface area contributed by atoms with Crippen molar-refractivity contribution in [2.45, 2.75) is 25.9 Å². The number of aryl methyl sites for hydroxylation is 1. The summed E-state index contributed by atoms with van der Waals surface area (Å²) in [6.07, 6.45) is 7.50. The van der Waals surface area contributed by atoms with Gasteiger partial charge in [0.05, 0.1) is 18.6 Å². The van der Waals surface area contributed by atoms with E-state index in [4.69, 9.17) is 0 Å². The fourth-order valence-electron chi connectivity index (χ4n) is 3.44. The molecule has 0 aromatic carbocycles. The largest absolute Gasteiger partial charge is 0.341 e. The summed E-state index contributed by atoms with van der Waals surface area (Å²) in [6, 6.07) is 4.04. The summed E-state index contributed by atoms with van der Waals surface area (Å²) in [5.74, 6) is 1.54. The summed E-state index contributed by atoms with van der Waals surface area (Å²) in [5, 5.41) is 7.31. The van der Waals surface area contributed by atoms with Crippen LogP contribution in [0.2, 0.25) is 0 Å². The average Bonchev–Trinajstić information content (AvgIpc) is 3.32. The van der Waals surface area contributed by atoms with Crippen LogP contribution in [-0.4, -0.2) is 65.5 Å². The Labute approximate surface area is 156 Å². The van der Waals surface area contributed by atoms with Crippen LogP contribution in [0.4, 0.5) is 0 Å². The number of imidazole rings is 1. The first-order chi connectivity index (χ1) is 13.2. The predicted octanol–water partition coefficient (Wildman–Crippen LogP) is 1.32. The van der Waals surface area contributed by atoms with E-state index in [0.29, 0.717) is 18.8 Å². The molecule has 140 valence electrons. The van der Waals surface area contributed by atoms with Crippen LogP contribution in [0.25, 0.3) is 0 Å². The molecule has 9 heteroatoms. The molecule has 1 aliphatic rings. The molecule has 1 aliphatic heterocycles. The summed E-state index contributed by atoms with van der Waals surface area (Å²) >= 11 is 0. The highest BCUT2D eigenvalue weighted by molar-refractivity contribution is 5.92. The third kappa shape index (κ3) is 3.87. The first-order valence-corrected chi connectivity index (χ1v) is 9.00. The van der Waals surface area contributed by atoms with Gasteiger partial charge in [0.25, 0.3) is 5.91 Å². The van der Waals surface area contributed by atoms with E-state index in [1.165, 1.54) is 6.33 Å². The molecule has 9 nitrogen and oxygen atoms in total. The van der Waals surface area contributed by atoms with Crippen molar-refractivity contribution in [2.24, 2.45) is 0 Å². The third-order valence-corrected chi connectivity index (χ3v) is 4.81. The van der Waals surface area contributed by atoms with E-state index in [0.717, 1.165) is 36.7 Å². The number of amides is 1. The quantitative estimate of drug-likeness (QED) is 0.721. The number of rotatable bonds is 4. The van der Waals surface area contributed by atoms with Gasteiger partial charge in [-0.2, -0.15) is 5.10 Å². The van der Waals surface area contributed by atoms with Crippen LogP contribution in [0.3, 0.4) is 0 Å². The Kier molecular flexibility index (Phi) is 4.93. The Morgan fingerprint density at radius 3 is 2.89 bits per heavy atom. The minimum atomic E-state index is -0.0272. The van der Waals surface area contributed by atoms with Crippen molar-refractivity contribution in [2.75, 3.05) is 19.6 Å². The molecule has 4 rings (SSSR count). The van der Waals surface area contributed by atoms with E-state index in [1.54, 1.807) is 12.4 Å². The Morgan fingerprint density at radius 1 is 1.26 bits per heavy atom. The highest BCUT2D eigenvalue weighted by Crippen LogP contribution is 2.26.